The van der Waals surface area contributed by atoms with E-state index < -0.39 is 6.10 Å². The molecule has 0 saturated carbocycles. The van der Waals surface area contributed by atoms with Gasteiger partial charge in [-0.1, -0.05) is 19.1 Å². The van der Waals surface area contributed by atoms with Gasteiger partial charge in [0.2, 0.25) is 0 Å². The molecule has 2 unspecified atom stereocenters. The van der Waals surface area contributed by atoms with Crippen LogP contribution in [0, 0.1) is 11.7 Å². The first-order chi connectivity index (χ1) is 8.91. The van der Waals surface area contributed by atoms with Gasteiger partial charge in [-0.25, -0.2) is 4.39 Å². The van der Waals surface area contributed by atoms with Crippen molar-refractivity contribution >= 4 is 5.69 Å². The third-order valence-electron chi connectivity index (χ3n) is 4.02. The first-order valence-corrected chi connectivity index (χ1v) is 6.79. The van der Waals surface area contributed by atoms with Gasteiger partial charge in [-0.15, -0.1) is 0 Å². The van der Waals surface area contributed by atoms with Crippen molar-refractivity contribution < 1.29 is 9.50 Å². The first-order valence-electron chi connectivity index (χ1n) is 6.79. The topological polar surface area (TPSA) is 26.7 Å². The number of hydrogen-bond acceptors (Lipinski definition) is 3. The Morgan fingerprint density at radius 2 is 2.05 bits per heavy atom. The Balaban J connectivity index is 2.33. The molecule has 3 nitrogen and oxygen atoms in total. The molecule has 3 atom stereocenters. The number of nitrogens with zero attached hydrogens (tertiary/aromatic N) is 2. The van der Waals surface area contributed by atoms with Gasteiger partial charge in [0.15, 0.2) is 0 Å². The van der Waals surface area contributed by atoms with Crippen LogP contribution in [0.4, 0.5) is 10.1 Å². The largest absolute Gasteiger partial charge is 0.389 e. The summed E-state index contributed by atoms with van der Waals surface area (Å²) in [5.41, 5.74) is 1.24. The summed E-state index contributed by atoms with van der Waals surface area (Å²) in [4.78, 5) is 4.25. The fourth-order valence-corrected chi connectivity index (χ4v) is 3.01. The molecule has 1 saturated heterocycles. The van der Waals surface area contributed by atoms with Crippen LogP contribution in [0.2, 0.25) is 0 Å². The van der Waals surface area contributed by atoms with Gasteiger partial charge >= 0.3 is 0 Å². The van der Waals surface area contributed by atoms with Crippen molar-refractivity contribution in [3.8, 4) is 0 Å². The Labute approximate surface area is 114 Å². The molecule has 1 heterocycles. The van der Waals surface area contributed by atoms with Gasteiger partial charge < -0.3 is 14.9 Å². The van der Waals surface area contributed by atoms with Crippen LogP contribution in [0.5, 0.6) is 0 Å². The van der Waals surface area contributed by atoms with Gasteiger partial charge in [-0.2, -0.15) is 0 Å². The number of anilines is 1. The number of aliphatic hydroxyl groups is 1. The van der Waals surface area contributed by atoms with Crippen molar-refractivity contribution in [3.05, 3.63) is 29.6 Å². The van der Waals surface area contributed by atoms with Crippen molar-refractivity contribution in [3.63, 3.8) is 0 Å². The van der Waals surface area contributed by atoms with Gasteiger partial charge in [0.05, 0.1) is 11.8 Å². The quantitative estimate of drug-likeness (QED) is 0.909. The maximum Gasteiger partial charge on any atom is 0.146 e. The minimum atomic E-state index is -0.653. The number of benzene rings is 1. The molecule has 0 aliphatic carbocycles. The molecule has 4 heteroatoms. The highest BCUT2D eigenvalue weighted by molar-refractivity contribution is 5.57. The lowest BCUT2D eigenvalue weighted by atomic mass is 10.1. The number of hydrogen-bond donors (Lipinski definition) is 1. The molecule has 1 fully saturated rings. The number of aliphatic hydroxyl groups excluding tert-OH is 1. The Kier molecular flexibility index (Phi) is 4.11. The molecule has 0 spiro atoms. The average molecular weight is 266 g/mol. The molecule has 1 aliphatic rings. The normalized spacial score (nSPS) is 25.1. The van der Waals surface area contributed by atoms with E-state index in [1.165, 1.54) is 6.07 Å². The van der Waals surface area contributed by atoms with Gasteiger partial charge in [0.25, 0.3) is 0 Å². The Morgan fingerprint density at radius 3 is 2.58 bits per heavy atom. The van der Waals surface area contributed by atoms with Crippen LogP contribution in [0.3, 0.4) is 0 Å². The van der Waals surface area contributed by atoms with E-state index in [1.54, 1.807) is 19.1 Å². The standard InChI is InChI=1S/C15H23FN2O/c1-10-8-18(9-14(10)17(3)4)15-12(11(2)19)6-5-7-13(15)16/h5-7,10-11,14,19H,8-9H2,1-4H3/t10?,11-,14?/m0/s1. The van der Waals surface area contributed by atoms with E-state index in [0.717, 1.165) is 13.1 Å². The SMILES string of the molecule is CC1CN(c2c(F)cccc2[C@H](C)O)CC1N(C)C. The summed E-state index contributed by atoms with van der Waals surface area (Å²) in [7, 11) is 4.11. The summed E-state index contributed by atoms with van der Waals surface area (Å²) < 4.78 is 14.2. The van der Waals surface area contributed by atoms with Gasteiger partial charge in [0.1, 0.15) is 5.82 Å². The Morgan fingerprint density at radius 1 is 1.37 bits per heavy atom. The van der Waals surface area contributed by atoms with E-state index in [-0.39, 0.29) is 5.82 Å². The van der Waals surface area contributed by atoms with Gasteiger partial charge in [-0.3, -0.25) is 0 Å². The van der Waals surface area contributed by atoms with Crippen LogP contribution < -0.4 is 4.90 Å². The first kappa shape index (κ1) is 14.3. The maximum absolute atomic E-state index is 14.2. The summed E-state index contributed by atoms with van der Waals surface area (Å²) in [5, 5.41) is 9.83. The van der Waals surface area contributed by atoms with Crippen LogP contribution in [0.1, 0.15) is 25.5 Å². The Hall–Kier alpha value is -1.13. The monoisotopic (exact) mass is 266 g/mol. The summed E-state index contributed by atoms with van der Waals surface area (Å²) in [6, 6.07) is 5.34. The number of rotatable bonds is 3. The average Bonchev–Trinajstić information content (AvgIpc) is 2.70. The van der Waals surface area contributed by atoms with Crippen molar-refractivity contribution in [2.45, 2.75) is 26.0 Å². The van der Waals surface area contributed by atoms with Gasteiger partial charge in [0, 0.05) is 24.7 Å². The minimum absolute atomic E-state index is 0.245. The second-order valence-corrected chi connectivity index (χ2v) is 5.77. The van der Waals surface area contributed by atoms with Crippen LogP contribution >= 0.6 is 0 Å². The zero-order chi connectivity index (χ0) is 14.2. The molecule has 0 bridgehead atoms. The third-order valence-corrected chi connectivity index (χ3v) is 4.02. The second-order valence-electron chi connectivity index (χ2n) is 5.77. The van der Waals surface area contributed by atoms with Crippen molar-refractivity contribution in [1.82, 2.24) is 4.90 Å². The van der Waals surface area contributed by atoms with Crippen molar-refractivity contribution in [1.29, 1.82) is 0 Å². The fraction of sp³-hybridized carbons (Fsp3) is 0.600. The predicted octanol–water partition coefficient (Wildman–Crippen LogP) is 2.27. The highest BCUT2D eigenvalue weighted by Gasteiger charge is 2.33. The number of likely N-dealkylation sites (N-methyl/N-ethyl adjacent to an activating group) is 1. The van der Waals surface area contributed by atoms with Crippen LogP contribution in [-0.4, -0.2) is 43.2 Å². The molecule has 1 aromatic rings. The van der Waals surface area contributed by atoms with E-state index >= 15 is 0 Å². The number of para-hydroxylation sites is 1. The van der Waals surface area contributed by atoms with Crippen molar-refractivity contribution in [2.24, 2.45) is 5.92 Å². The summed E-state index contributed by atoms with van der Waals surface area (Å²) >= 11 is 0. The third kappa shape index (κ3) is 2.74. The molecular weight excluding hydrogens is 243 g/mol. The zero-order valence-corrected chi connectivity index (χ0v) is 12.1. The lowest BCUT2D eigenvalue weighted by Crippen LogP contribution is -2.34. The minimum Gasteiger partial charge on any atom is -0.389 e. The lowest BCUT2D eigenvalue weighted by molar-refractivity contribution is 0.199. The molecule has 2 rings (SSSR count). The predicted molar refractivity (Wildman–Crippen MR) is 75.9 cm³/mol. The molecule has 0 amide bonds. The van der Waals surface area contributed by atoms with Crippen LogP contribution in [-0.2, 0) is 0 Å². The molecule has 0 aromatic heterocycles. The molecule has 1 aromatic carbocycles. The van der Waals surface area contributed by atoms with E-state index in [2.05, 4.69) is 30.8 Å². The molecular formula is C15H23FN2O. The van der Waals surface area contributed by atoms with E-state index in [4.69, 9.17) is 0 Å². The van der Waals surface area contributed by atoms with Crippen LogP contribution in [0.15, 0.2) is 18.2 Å². The van der Waals surface area contributed by atoms with E-state index in [0.29, 0.717) is 23.2 Å². The molecule has 0 radical (unpaired) electrons. The maximum atomic E-state index is 14.2. The summed E-state index contributed by atoms with van der Waals surface area (Å²) in [6.45, 7) is 5.49. The zero-order valence-electron chi connectivity index (χ0n) is 12.1. The Bertz CT molecular complexity index is 448. The molecule has 19 heavy (non-hydrogen) atoms. The van der Waals surface area contributed by atoms with Crippen molar-refractivity contribution in [2.75, 3.05) is 32.1 Å². The second kappa shape index (κ2) is 5.47. The molecule has 1 N–H and O–H groups in total. The van der Waals surface area contributed by atoms with E-state index in [9.17, 15) is 9.50 Å². The summed E-state index contributed by atoms with van der Waals surface area (Å²) in [6.07, 6.45) is -0.653. The lowest BCUT2D eigenvalue weighted by Gasteiger charge is -2.25. The smallest absolute Gasteiger partial charge is 0.146 e. The van der Waals surface area contributed by atoms with Crippen LogP contribution in [0.25, 0.3) is 0 Å². The molecule has 1 aliphatic heterocycles. The fourth-order valence-electron chi connectivity index (χ4n) is 3.01. The highest BCUT2D eigenvalue weighted by Crippen LogP contribution is 2.33. The number of halogens is 1. The van der Waals surface area contributed by atoms with Gasteiger partial charge in [-0.05, 0) is 33.0 Å². The summed E-state index contributed by atoms with van der Waals surface area (Å²) in [5.74, 6) is 0.237. The van der Waals surface area contributed by atoms with E-state index in [1.807, 2.05) is 0 Å². The highest BCUT2D eigenvalue weighted by atomic mass is 19.1. The molecule has 106 valence electrons.